The van der Waals surface area contributed by atoms with Gasteiger partial charge in [-0.25, -0.2) is 9.13 Å². The zero-order valence-corrected chi connectivity index (χ0v) is 22.0. The molecule has 0 spiro atoms. The van der Waals surface area contributed by atoms with Crippen LogP contribution in [-0.2, 0) is 13.6 Å². The zero-order chi connectivity index (χ0) is 24.6. The van der Waals surface area contributed by atoms with Crippen LogP contribution in [0.1, 0.15) is 58.2 Å². The quantitative estimate of drug-likeness (QED) is 0.167. The number of hydrogen-bond acceptors (Lipinski definition) is 2. The summed E-state index contributed by atoms with van der Waals surface area (Å²) in [6.45, 7) is 6.63. The molecule has 0 saturated carbocycles. The van der Waals surface area contributed by atoms with E-state index in [1.54, 1.807) is 0 Å². The minimum absolute atomic E-state index is 1.05. The van der Waals surface area contributed by atoms with Crippen molar-refractivity contribution in [3.63, 3.8) is 0 Å². The molecule has 1 aliphatic rings. The van der Waals surface area contributed by atoms with Gasteiger partial charge in [-0.1, -0.05) is 75.6 Å². The second-order valence-electron chi connectivity index (χ2n) is 9.44. The van der Waals surface area contributed by atoms with E-state index in [4.69, 9.17) is 0 Å². The van der Waals surface area contributed by atoms with Crippen LogP contribution in [0.25, 0.3) is 17.1 Å². The van der Waals surface area contributed by atoms with Crippen LogP contribution in [0.3, 0.4) is 0 Å². The van der Waals surface area contributed by atoms with E-state index < -0.39 is 0 Å². The van der Waals surface area contributed by atoms with Crippen LogP contribution >= 0.6 is 0 Å². The summed E-state index contributed by atoms with van der Waals surface area (Å²) >= 11 is 0. The lowest BCUT2D eigenvalue weighted by Crippen LogP contribution is -2.31. The fourth-order valence-electron chi connectivity index (χ4n) is 5.07. The Balaban J connectivity index is 1.55. The van der Waals surface area contributed by atoms with Crippen molar-refractivity contribution < 1.29 is 4.57 Å². The Bertz CT molecular complexity index is 1210. The number of hydrogen-bond donors (Lipinski definition) is 0. The van der Waals surface area contributed by atoms with Gasteiger partial charge in [0.1, 0.15) is 5.82 Å². The van der Waals surface area contributed by atoms with Gasteiger partial charge in [0.2, 0.25) is 0 Å². The largest absolute Gasteiger partial charge is 0.329 e. The summed E-state index contributed by atoms with van der Waals surface area (Å²) in [6, 6.07) is 17.4. The summed E-state index contributed by atoms with van der Waals surface area (Å²) in [7, 11) is 4.34. The van der Waals surface area contributed by atoms with Gasteiger partial charge in [0.15, 0.2) is 11.0 Å². The Morgan fingerprint density at radius 1 is 0.771 bits per heavy atom. The monoisotopic (exact) mass is 469 g/mol. The van der Waals surface area contributed by atoms with Gasteiger partial charge in [-0.15, -0.1) is 0 Å². The molecule has 3 aromatic rings. The average Bonchev–Trinajstić information content (AvgIpc) is 3.30. The molecule has 0 radical (unpaired) electrons. The second kappa shape index (κ2) is 11.9. The van der Waals surface area contributed by atoms with E-state index in [1.807, 2.05) is 0 Å². The van der Waals surface area contributed by atoms with E-state index in [1.165, 1.54) is 72.6 Å². The fourth-order valence-corrected chi connectivity index (χ4v) is 5.07. The number of fused-ring (bicyclic) bond motifs is 2. The predicted octanol–water partition coefficient (Wildman–Crippen LogP) is 7.21. The standard InChI is InChI=1S/C31H41N4/c1-5-7-16-24-34-28-20-14-12-18-26(28)32(3)30(34)22-10-9-11-23-31-33(4)27-19-13-15-21-29(27)35(31)25-17-8-6-2/h9-15,18-23H,5-8,16-17,24-25H2,1-4H3/q+1. The molecule has 4 rings (SSSR count). The van der Waals surface area contributed by atoms with Crippen molar-refractivity contribution >= 4 is 28.5 Å². The number of imidazole rings is 1. The van der Waals surface area contributed by atoms with Gasteiger partial charge in [0.05, 0.1) is 25.0 Å². The van der Waals surface area contributed by atoms with Gasteiger partial charge in [-0.3, -0.25) is 0 Å². The molecular formula is C31H41N4+. The normalized spacial score (nSPS) is 14.9. The van der Waals surface area contributed by atoms with Crippen LogP contribution < -0.4 is 14.4 Å². The number of unbranched alkanes of at least 4 members (excludes halogenated alkanes) is 4. The molecule has 0 aliphatic carbocycles. The zero-order valence-electron chi connectivity index (χ0n) is 22.0. The Morgan fingerprint density at radius 3 is 2.23 bits per heavy atom. The Labute approximate surface area is 211 Å². The number of anilines is 2. The lowest BCUT2D eigenvalue weighted by Gasteiger charge is -2.22. The molecule has 4 nitrogen and oxygen atoms in total. The predicted molar refractivity (Wildman–Crippen MR) is 151 cm³/mol. The van der Waals surface area contributed by atoms with Crippen LogP contribution in [0.2, 0.25) is 0 Å². The molecule has 2 heterocycles. The van der Waals surface area contributed by atoms with Crippen LogP contribution in [-0.4, -0.2) is 18.2 Å². The average molecular weight is 470 g/mol. The molecule has 1 aliphatic heterocycles. The number of aromatic nitrogens is 2. The highest BCUT2D eigenvalue weighted by Crippen LogP contribution is 2.40. The topological polar surface area (TPSA) is 15.3 Å². The van der Waals surface area contributed by atoms with Crippen molar-refractivity contribution in [2.75, 3.05) is 23.4 Å². The third kappa shape index (κ3) is 5.37. The molecule has 1 aromatic heterocycles. The summed E-state index contributed by atoms with van der Waals surface area (Å²) in [6.07, 6.45) is 18.4. The number of rotatable bonds is 11. The summed E-state index contributed by atoms with van der Waals surface area (Å²) in [5, 5.41) is 0. The maximum atomic E-state index is 2.46. The van der Waals surface area contributed by atoms with Crippen LogP contribution in [0.5, 0.6) is 0 Å². The minimum Gasteiger partial charge on any atom is -0.329 e. The Kier molecular flexibility index (Phi) is 8.46. The van der Waals surface area contributed by atoms with E-state index in [-0.39, 0.29) is 0 Å². The van der Waals surface area contributed by atoms with Gasteiger partial charge in [-0.2, -0.15) is 0 Å². The van der Waals surface area contributed by atoms with Gasteiger partial charge in [-0.05, 0) is 49.6 Å². The first-order valence-electron chi connectivity index (χ1n) is 13.3. The number of nitrogens with zero attached hydrogens (tertiary/aromatic N) is 4. The molecular weight excluding hydrogens is 428 g/mol. The molecule has 35 heavy (non-hydrogen) atoms. The van der Waals surface area contributed by atoms with E-state index >= 15 is 0 Å². The molecule has 2 aromatic carbocycles. The molecule has 0 atom stereocenters. The van der Waals surface area contributed by atoms with Crippen LogP contribution in [0, 0.1) is 0 Å². The third-order valence-corrected chi connectivity index (χ3v) is 6.99. The number of benzene rings is 2. The van der Waals surface area contributed by atoms with Gasteiger partial charge in [0.25, 0.3) is 5.82 Å². The number of allylic oxidation sites excluding steroid dienone is 4. The van der Waals surface area contributed by atoms with Crippen molar-refractivity contribution in [2.24, 2.45) is 7.05 Å². The minimum atomic E-state index is 1.05. The van der Waals surface area contributed by atoms with Crippen molar-refractivity contribution in [2.45, 2.75) is 58.9 Å². The molecule has 4 heteroatoms. The van der Waals surface area contributed by atoms with E-state index in [2.05, 4.69) is 126 Å². The highest BCUT2D eigenvalue weighted by molar-refractivity contribution is 5.82. The summed E-state index contributed by atoms with van der Waals surface area (Å²) in [5.41, 5.74) is 5.18. The summed E-state index contributed by atoms with van der Waals surface area (Å²) < 4.78 is 4.77. The van der Waals surface area contributed by atoms with Gasteiger partial charge in [0, 0.05) is 19.7 Å². The summed E-state index contributed by atoms with van der Waals surface area (Å²) in [5.74, 6) is 2.48. The summed E-state index contributed by atoms with van der Waals surface area (Å²) in [4.78, 5) is 4.77. The van der Waals surface area contributed by atoms with Crippen LogP contribution in [0.15, 0.2) is 78.7 Å². The Hall–Kier alpha value is -3.27. The molecule has 0 unspecified atom stereocenters. The van der Waals surface area contributed by atoms with Crippen molar-refractivity contribution in [3.05, 3.63) is 84.5 Å². The van der Waals surface area contributed by atoms with Crippen molar-refractivity contribution in [1.29, 1.82) is 0 Å². The Morgan fingerprint density at radius 2 is 1.46 bits per heavy atom. The first kappa shape index (κ1) is 24.8. The molecule has 0 fully saturated rings. The maximum absolute atomic E-state index is 2.46. The van der Waals surface area contributed by atoms with Crippen molar-refractivity contribution in [3.8, 4) is 0 Å². The van der Waals surface area contributed by atoms with E-state index in [0.717, 1.165) is 13.1 Å². The first-order chi connectivity index (χ1) is 17.2. The fraction of sp³-hybridized carbons (Fsp3) is 0.387. The first-order valence-corrected chi connectivity index (χ1v) is 13.3. The second-order valence-corrected chi connectivity index (χ2v) is 9.44. The highest BCUT2D eigenvalue weighted by atomic mass is 15.4. The van der Waals surface area contributed by atoms with Gasteiger partial charge < -0.3 is 9.80 Å². The lowest BCUT2D eigenvalue weighted by molar-refractivity contribution is -0.647. The number of aryl methyl sites for hydroxylation is 2. The molecule has 0 amide bonds. The molecule has 0 saturated heterocycles. The number of para-hydroxylation sites is 4. The van der Waals surface area contributed by atoms with Crippen LogP contribution in [0.4, 0.5) is 11.4 Å². The third-order valence-electron chi connectivity index (χ3n) is 6.99. The van der Waals surface area contributed by atoms with Gasteiger partial charge >= 0.3 is 0 Å². The SMILES string of the molecule is CCCCCN1C(=CC=CC=Cc2n(CCCCC)c3ccccc3[n+]2C)N(C)c2ccccc21. The highest BCUT2D eigenvalue weighted by Gasteiger charge is 2.27. The molecule has 0 N–H and O–H groups in total. The lowest BCUT2D eigenvalue weighted by atomic mass is 10.2. The van der Waals surface area contributed by atoms with E-state index in [9.17, 15) is 0 Å². The maximum Gasteiger partial charge on any atom is 0.282 e. The molecule has 0 bridgehead atoms. The smallest absolute Gasteiger partial charge is 0.282 e. The van der Waals surface area contributed by atoms with E-state index in [0.29, 0.717) is 0 Å². The van der Waals surface area contributed by atoms with Crippen molar-refractivity contribution in [1.82, 2.24) is 4.57 Å². The molecule has 184 valence electrons.